The summed E-state index contributed by atoms with van der Waals surface area (Å²) in [5, 5.41) is 16.3. The van der Waals surface area contributed by atoms with Gasteiger partial charge in [0.15, 0.2) is 0 Å². The lowest BCUT2D eigenvalue weighted by Crippen LogP contribution is -2.56. The molecule has 3 fully saturated rings. The Morgan fingerprint density at radius 1 is 1.07 bits per heavy atom. The van der Waals surface area contributed by atoms with Gasteiger partial charge in [0.2, 0.25) is 17.7 Å². The van der Waals surface area contributed by atoms with Gasteiger partial charge < -0.3 is 34.9 Å². The van der Waals surface area contributed by atoms with Crippen LogP contribution in [0.2, 0.25) is 0 Å². The number of halogens is 1. The molecule has 3 aliphatic rings. The Bertz CT molecular complexity index is 1300. The van der Waals surface area contributed by atoms with Crippen LogP contribution in [0, 0.1) is 17.8 Å². The third-order valence-corrected chi connectivity index (χ3v) is 9.26. The van der Waals surface area contributed by atoms with Crippen molar-refractivity contribution in [3.05, 3.63) is 48.5 Å². The van der Waals surface area contributed by atoms with Crippen molar-refractivity contribution >= 4 is 45.0 Å². The van der Waals surface area contributed by atoms with Gasteiger partial charge in [0.05, 0.1) is 44.3 Å². The van der Waals surface area contributed by atoms with Crippen molar-refractivity contribution in [3.8, 4) is 11.5 Å². The summed E-state index contributed by atoms with van der Waals surface area (Å²) < 4.78 is 17.3. The van der Waals surface area contributed by atoms with Gasteiger partial charge in [0.1, 0.15) is 23.1 Å². The Hall–Kier alpha value is -3.15. The van der Waals surface area contributed by atoms with Gasteiger partial charge in [-0.3, -0.25) is 14.4 Å². The number of hydrogen-bond donors (Lipinski definition) is 3. The third-order valence-electron chi connectivity index (χ3n) is 8.42. The van der Waals surface area contributed by atoms with Gasteiger partial charge in [-0.1, -0.05) is 29.8 Å². The largest absolute Gasteiger partial charge is 0.497 e. The summed E-state index contributed by atoms with van der Waals surface area (Å²) in [5.74, 6) is -1.36. The molecule has 3 saturated heterocycles. The zero-order chi connectivity index (χ0) is 30.2. The smallest absolute Gasteiger partial charge is 0.250 e. The number of likely N-dealkylation sites (tertiary alicyclic amines) is 1. The number of nitrogens with one attached hydrogen (secondary N) is 2. The van der Waals surface area contributed by atoms with Crippen LogP contribution in [0.25, 0.3) is 0 Å². The van der Waals surface area contributed by atoms with Gasteiger partial charge in [0, 0.05) is 16.2 Å². The Balaban J connectivity index is 1.48. The van der Waals surface area contributed by atoms with Crippen LogP contribution in [0.1, 0.15) is 33.6 Å². The van der Waals surface area contributed by atoms with E-state index in [9.17, 15) is 19.5 Å². The lowest BCUT2D eigenvalue weighted by molar-refractivity contribution is -0.143. The standard InChI is InChI=1S/C31H38BrN3O7/c1-5-41-22-12-8-18(9-13-22)33-28(37)24-25-30(39)35(20(16-36)14-17(2)3)27(31(25)15-23(32)26(24)42-31)29(38)34-19-6-10-21(40-4)11-7-19/h6-13,17,20,23-27,36H,5,14-16H2,1-4H3,(H,33,37)(H,34,38)/t20-,23?,24-,25+,26-,27?,31?/m1/s1. The first-order valence-corrected chi connectivity index (χ1v) is 15.3. The molecular weight excluding hydrogens is 606 g/mol. The number of rotatable bonds is 11. The number of aliphatic hydroxyl groups is 1. The van der Waals surface area contributed by atoms with Crippen LogP contribution < -0.4 is 20.1 Å². The molecule has 2 aromatic carbocycles. The van der Waals surface area contributed by atoms with Gasteiger partial charge >= 0.3 is 0 Å². The van der Waals surface area contributed by atoms with Crippen LogP contribution in [0.5, 0.6) is 11.5 Å². The average Bonchev–Trinajstić information content (AvgIpc) is 3.56. The Kier molecular flexibility index (Phi) is 8.82. The fourth-order valence-corrected chi connectivity index (χ4v) is 7.73. The molecule has 42 heavy (non-hydrogen) atoms. The molecular formula is C31H38BrN3O7. The second-order valence-electron chi connectivity index (χ2n) is 11.5. The van der Waals surface area contributed by atoms with Gasteiger partial charge in [-0.2, -0.15) is 0 Å². The van der Waals surface area contributed by atoms with E-state index in [0.717, 1.165) is 0 Å². The molecule has 3 heterocycles. The molecule has 226 valence electrons. The number of amides is 3. The molecule has 0 aliphatic carbocycles. The molecule has 10 nitrogen and oxygen atoms in total. The Labute approximate surface area is 254 Å². The first kappa shape index (κ1) is 30.3. The minimum Gasteiger partial charge on any atom is -0.497 e. The SMILES string of the molecule is CCOc1ccc(NC(=O)[C@H]2[C@@H]3OC4(CC3Br)C(C(=O)Nc3ccc(OC)cc3)N([C@@H](CO)CC(C)C)C(=O)[C@H]24)cc1. The van der Waals surface area contributed by atoms with E-state index in [4.69, 9.17) is 14.2 Å². The minimum atomic E-state index is -1.24. The fraction of sp³-hybridized carbons (Fsp3) is 0.516. The highest BCUT2D eigenvalue weighted by molar-refractivity contribution is 9.09. The van der Waals surface area contributed by atoms with Crippen molar-refractivity contribution in [2.24, 2.45) is 17.8 Å². The van der Waals surface area contributed by atoms with E-state index in [2.05, 4.69) is 26.6 Å². The number of carbonyl (C=O) groups excluding carboxylic acids is 3. The topological polar surface area (TPSA) is 126 Å². The predicted octanol–water partition coefficient (Wildman–Crippen LogP) is 3.83. The maximum atomic E-state index is 14.3. The van der Waals surface area contributed by atoms with E-state index in [1.54, 1.807) is 55.6 Å². The van der Waals surface area contributed by atoms with Crippen LogP contribution >= 0.6 is 15.9 Å². The van der Waals surface area contributed by atoms with Crippen molar-refractivity contribution in [2.75, 3.05) is 31.0 Å². The molecule has 7 atom stereocenters. The fourth-order valence-electron chi connectivity index (χ4n) is 6.79. The Morgan fingerprint density at radius 2 is 1.67 bits per heavy atom. The van der Waals surface area contributed by atoms with E-state index < -0.39 is 41.5 Å². The van der Waals surface area contributed by atoms with Crippen molar-refractivity contribution in [3.63, 3.8) is 0 Å². The zero-order valence-electron chi connectivity index (χ0n) is 24.2. The molecule has 3 amide bonds. The molecule has 3 unspecified atom stereocenters. The van der Waals surface area contributed by atoms with Crippen molar-refractivity contribution < 1.29 is 33.7 Å². The predicted molar refractivity (Wildman–Crippen MR) is 161 cm³/mol. The Morgan fingerprint density at radius 3 is 2.21 bits per heavy atom. The quantitative estimate of drug-likeness (QED) is 0.318. The molecule has 2 bridgehead atoms. The van der Waals surface area contributed by atoms with Crippen molar-refractivity contribution in [1.29, 1.82) is 0 Å². The number of methoxy groups -OCH3 is 1. The number of hydrogen-bond acceptors (Lipinski definition) is 7. The van der Waals surface area contributed by atoms with Gasteiger partial charge in [-0.15, -0.1) is 0 Å². The molecule has 3 N–H and O–H groups in total. The van der Waals surface area contributed by atoms with E-state index in [0.29, 0.717) is 42.3 Å². The highest BCUT2D eigenvalue weighted by Gasteiger charge is 2.77. The molecule has 2 aromatic rings. The summed E-state index contributed by atoms with van der Waals surface area (Å²) in [5.41, 5.74) is -0.140. The molecule has 5 rings (SSSR count). The highest BCUT2D eigenvalue weighted by Crippen LogP contribution is 2.60. The van der Waals surface area contributed by atoms with Gasteiger partial charge in [0.25, 0.3) is 0 Å². The van der Waals surface area contributed by atoms with Gasteiger partial charge in [-0.25, -0.2) is 0 Å². The summed E-state index contributed by atoms with van der Waals surface area (Å²) in [6.07, 6.45) is 0.261. The van der Waals surface area contributed by atoms with E-state index >= 15 is 0 Å². The van der Waals surface area contributed by atoms with E-state index in [1.165, 1.54) is 4.90 Å². The number of nitrogens with zero attached hydrogens (tertiary/aromatic N) is 1. The number of benzene rings is 2. The first-order chi connectivity index (χ1) is 20.1. The van der Waals surface area contributed by atoms with E-state index in [1.807, 2.05) is 20.8 Å². The summed E-state index contributed by atoms with van der Waals surface area (Å²) >= 11 is 3.69. The molecule has 1 spiro atoms. The van der Waals surface area contributed by atoms with Crippen LogP contribution in [0.4, 0.5) is 11.4 Å². The second-order valence-corrected chi connectivity index (χ2v) is 12.7. The van der Waals surface area contributed by atoms with E-state index in [-0.39, 0.29) is 29.2 Å². The maximum absolute atomic E-state index is 14.3. The number of aliphatic hydroxyl groups excluding tert-OH is 1. The van der Waals surface area contributed by atoms with Crippen LogP contribution in [0.15, 0.2) is 48.5 Å². The average molecular weight is 645 g/mol. The third kappa shape index (κ3) is 5.38. The monoisotopic (exact) mass is 643 g/mol. The first-order valence-electron chi connectivity index (χ1n) is 14.4. The molecule has 0 aromatic heterocycles. The molecule has 11 heteroatoms. The van der Waals surface area contributed by atoms with Crippen molar-refractivity contribution in [1.82, 2.24) is 4.90 Å². The molecule has 0 radical (unpaired) electrons. The lowest BCUT2D eigenvalue weighted by atomic mass is 9.70. The number of alkyl halides is 1. The summed E-state index contributed by atoms with van der Waals surface area (Å²) in [6.45, 7) is 6.10. The van der Waals surface area contributed by atoms with Crippen LogP contribution in [-0.4, -0.2) is 76.7 Å². The number of carbonyl (C=O) groups is 3. The molecule has 0 saturated carbocycles. The summed E-state index contributed by atoms with van der Waals surface area (Å²) in [7, 11) is 1.56. The second kappa shape index (κ2) is 12.2. The number of ether oxygens (including phenoxy) is 3. The minimum absolute atomic E-state index is 0.151. The summed E-state index contributed by atoms with van der Waals surface area (Å²) in [6, 6.07) is 12.3. The number of anilines is 2. The lowest BCUT2D eigenvalue weighted by Gasteiger charge is -2.37. The maximum Gasteiger partial charge on any atom is 0.250 e. The number of fused-ring (bicyclic) bond motifs is 1. The van der Waals surface area contributed by atoms with Crippen LogP contribution in [0.3, 0.4) is 0 Å². The zero-order valence-corrected chi connectivity index (χ0v) is 25.8. The molecule has 3 aliphatic heterocycles. The van der Waals surface area contributed by atoms with Crippen LogP contribution in [-0.2, 0) is 19.1 Å². The highest BCUT2D eigenvalue weighted by atomic mass is 79.9. The summed E-state index contributed by atoms with van der Waals surface area (Å²) in [4.78, 5) is 43.5. The van der Waals surface area contributed by atoms with Crippen molar-refractivity contribution in [2.45, 2.75) is 62.2 Å². The normalized spacial score (nSPS) is 28.5. The van der Waals surface area contributed by atoms with Gasteiger partial charge in [-0.05, 0) is 74.2 Å².